The van der Waals surface area contributed by atoms with Crippen molar-refractivity contribution < 1.29 is 26.1 Å². The van der Waals surface area contributed by atoms with Gasteiger partial charge in [-0.3, -0.25) is 4.72 Å². The van der Waals surface area contributed by atoms with E-state index in [0.29, 0.717) is 13.1 Å². The average Bonchev–Trinajstić information content (AvgIpc) is 2.95. The van der Waals surface area contributed by atoms with Crippen molar-refractivity contribution in [2.24, 2.45) is 0 Å². The molecule has 0 aliphatic rings. The van der Waals surface area contributed by atoms with Crippen LogP contribution in [0.2, 0.25) is 0 Å². The van der Waals surface area contributed by atoms with E-state index in [-0.39, 0.29) is 38.8 Å². The Hall–Kier alpha value is -2.11. The van der Waals surface area contributed by atoms with E-state index in [9.17, 15) is 16.8 Å². The maximum absolute atomic E-state index is 12.9. The second kappa shape index (κ2) is 8.72. The number of ether oxygens (including phenoxy) is 1. The predicted octanol–water partition coefficient (Wildman–Crippen LogP) is 2.91. The molecule has 0 fully saturated rings. The summed E-state index contributed by atoms with van der Waals surface area (Å²) < 4.78 is 65.9. The summed E-state index contributed by atoms with van der Waals surface area (Å²) in [6.07, 6.45) is -0.248. The number of nitrogens with zero attached hydrogens (tertiary/aromatic N) is 2. The summed E-state index contributed by atoms with van der Waals surface area (Å²) in [7, 11) is -7.86. The SMILES string of the molecule is CCN(CC)S(=O)(=O)c1ccc(OC(C)C)c(NS(=O)(=O)c2c(C)noc2C)c1. The quantitative estimate of drug-likeness (QED) is 0.630. The van der Waals surface area contributed by atoms with Gasteiger partial charge in [-0.1, -0.05) is 19.0 Å². The molecule has 2 aromatic rings. The molecular weight excluding hydrogens is 418 g/mol. The molecule has 11 heteroatoms. The topological polar surface area (TPSA) is 119 Å². The fraction of sp³-hybridized carbons (Fsp3) is 0.500. The summed E-state index contributed by atoms with van der Waals surface area (Å²) in [6, 6.07) is 4.11. The highest BCUT2D eigenvalue weighted by Gasteiger charge is 2.28. The molecule has 0 saturated heterocycles. The molecule has 2 rings (SSSR count). The summed E-state index contributed by atoms with van der Waals surface area (Å²) in [6.45, 7) is 10.6. The van der Waals surface area contributed by atoms with Crippen LogP contribution >= 0.6 is 0 Å². The molecule has 0 bridgehead atoms. The van der Waals surface area contributed by atoms with Gasteiger partial charge in [-0.15, -0.1) is 0 Å². The number of hydrogen-bond donors (Lipinski definition) is 1. The summed E-state index contributed by atoms with van der Waals surface area (Å²) in [5.74, 6) is 0.349. The van der Waals surface area contributed by atoms with Gasteiger partial charge < -0.3 is 9.26 Å². The van der Waals surface area contributed by atoms with Crippen LogP contribution in [0.15, 0.2) is 32.5 Å². The van der Waals surface area contributed by atoms with Crippen LogP contribution < -0.4 is 9.46 Å². The minimum absolute atomic E-state index is 0.0203. The van der Waals surface area contributed by atoms with Gasteiger partial charge in [0.15, 0.2) is 10.7 Å². The predicted molar refractivity (Wildman–Crippen MR) is 109 cm³/mol. The fourth-order valence-corrected chi connectivity index (χ4v) is 5.75. The Morgan fingerprint density at radius 1 is 1.14 bits per heavy atom. The van der Waals surface area contributed by atoms with E-state index >= 15 is 0 Å². The van der Waals surface area contributed by atoms with Crippen LogP contribution in [0.5, 0.6) is 5.75 Å². The van der Waals surface area contributed by atoms with Gasteiger partial charge in [0.1, 0.15) is 11.4 Å². The molecule has 0 radical (unpaired) electrons. The van der Waals surface area contributed by atoms with E-state index in [4.69, 9.17) is 9.26 Å². The Kier molecular flexibility index (Phi) is 6.97. The van der Waals surface area contributed by atoms with Gasteiger partial charge in [0.05, 0.1) is 16.7 Å². The number of aromatic nitrogens is 1. The molecule has 0 unspecified atom stereocenters. The monoisotopic (exact) mass is 445 g/mol. The Bertz CT molecular complexity index is 1050. The zero-order chi connectivity index (χ0) is 22.0. The molecular formula is C18H27N3O6S2. The number of hydrogen-bond acceptors (Lipinski definition) is 7. The number of nitrogens with one attached hydrogen (secondary N) is 1. The van der Waals surface area contributed by atoms with Crippen LogP contribution in [-0.4, -0.2) is 45.5 Å². The lowest BCUT2D eigenvalue weighted by molar-refractivity contribution is 0.243. The Morgan fingerprint density at radius 2 is 1.76 bits per heavy atom. The van der Waals surface area contributed by atoms with Gasteiger partial charge in [-0.2, -0.15) is 4.31 Å². The third kappa shape index (κ3) is 4.90. The smallest absolute Gasteiger partial charge is 0.267 e. The van der Waals surface area contributed by atoms with Crippen molar-refractivity contribution in [2.75, 3.05) is 17.8 Å². The van der Waals surface area contributed by atoms with Gasteiger partial charge in [0.25, 0.3) is 10.0 Å². The maximum atomic E-state index is 12.9. The molecule has 1 aromatic heterocycles. The van der Waals surface area contributed by atoms with Gasteiger partial charge in [0.2, 0.25) is 10.0 Å². The van der Waals surface area contributed by atoms with Crippen LogP contribution in [0.3, 0.4) is 0 Å². The van der Waals surface area contributed by atoms with E-state index in [2.05, 4.69) is 9.88 Å². The van der Waals surface area contributed by atoms with Crippen molar-refractivity contribution in [1.82, 2.24) is 9.46 Å². The lowest BCUT2D eigenvalue weighted by Gasteiger charge is -2.21. The number of anilines is 1. The number of benzene rings is 1. The second-order valence-electron chi connectivity index (χ2n) is 6.67. The third-order valence-electron chi connectivity index (χ3n) is 4.14. The van der Waals surface area contributed by atoms with Crippen molar-refractivity contribution in [3.8, 4) is 5.75 Å². The molecule has 162 valence electrons. The molecule has 0 spiro atoms. The average molecular weight is 446 g/mol. The molecule has 0 atom stereocenters. The molecule has 0 amide bonds. The molecule has 0 aliphatic heterocycles. The molecule has 0 aliphatic carbocycles. The van der Waals surface area contributed by atoms with Crippen LogP contribution in [0, 0.1) is 13.8 Å². The second-order valence-corrected chi connectivity index (χ2v) is 10.2. The van der Waals surface area contributed by atoms with Crippen LogP contribution in [0.25, 0.3) is 0 Å². The number of rotatable bonds is 9. The highest BCUT2D eigenvalue weighted by atomic mass is 32.2. The molecule has 9 nitrogen and oxygen atoms in total. The minimum atomic E-state index is -4.08. The van der Waals surface area contributed by atoms with Crippen molar-refractivity contribution in [3.63, 3.8) is 0 Å². The summed E-state index contributed by atoms with van der Waals surface area (Å²) in [4.78, 5) is -0.126. The van der Waals surface area contributed by atoms with E-state index in [1.54, 1.807) is 27.7 Å². The van der Waals surface area contributed by atoms with Gasteiger partial charge in [-0.05, 0) is 45.9 Å². The van der Waals surface area contributed by atoms with Gasteiger partial charge >= 0.3 is 0 Å². The van der Waals surface area contributed by atoms with Crippen molar-refractivity contribution >= 4 is 25.7 Å². The molecule has 1 heterocycles. The van der Waals surface area contributed by atoms with Crippen molar-refractivity contribution in [2.45, 2.75) is 57.4 Å². The maximum Gasteiger partial charge on any atom is 0.267 e. The highest BCUT2D eigenvalue weighted by molar-refractivity contribution is 7.92. The first-order valence-corrected chi connectivity index (χ1v) is 12.1. The first-order valence-electron chi connectivity index (χ1n) is 9.20. The zero-order valence-corrected chi connectivity index (χ0v) is 19.0. The van der Waals surface area contributed by atoms with Crippen LogP contribution in [0.4, 0.5) is 5.69 Å². The first-order chi connectivity index (χ1) is 13.4. The lowest BCUT2D eigenvalue weighted by atomic mass is 10.3. The fourth-order valence-electron chi connectivity index (χ4n) is 2.87. The Morgan fingerprint density at radius 3 is 2.24 bits per heavy atom. The third-order valence-corrected chi connectivity index (χ3v) is 7.79. The van der Waals surface area contributed by atoms with Gasteiger partial charge in [0, 0.05) is 13.1 Å². The van der Waals surface area contributed by atoms with Crippen LogP contribution in [-0.2, 0) is 20.0 Å². The Balaban J connectivity index is 2.59. The molecule has 0 saturated carbocycles. The normalized spacial score (nSPS) is 12.6. The minimum Gasteiger partial charge on any atom is -0.489 e. The first kappa shape index (κ1) is 23.2. The van der Waals surface area contributed by atoms with Crippen LogP contribution in [0.1, 0.15) is 39.1 Å². The van der Waals surface area contributed by atoms with E-state index < -0.39 is 20.0 Å². The van der Waals surface area contributed by atoms with Crippen molar-refractivity contribution in [3.05, 3.63) is 29.7 Å². The standard InChI is InChI=1S/C18H27N3O6S2/c1-7-21(8-2)29(24,25)15-9-10-17(26-12(3)4)16(11-15)20-28(22,23)18-13(5)19-27-14(18)6/h9-12,20H,7-8H2,1-6H3. The summed E-state index contributed by atoms with van der Waals surface area (Å²) in [5.41, 5.74) is 0.222. The number of aryl methyl sites for hydroxylation is 2. The highest BCUT2D eigenvalue weighted by Crippen LogP contribution is 2.32. The van der Waals surface area contributed by atoms with E-state index in [0.717, 1.165) is 0 Å². The molecule has 1 aromatic carbocycles. The largest absolute Gasteiger partial charge is 0.489 e. The van der Waals surface area contributed by atoms with E-state index in [1.807, 2.05) is 0 Å². The summed E-state index contributed by atoms with van der Waals surface area (Å²) in [5, 5.41) is 3.67. The van der Waals surface area contributed by atoms with Gasteiger partial charge in [-0.25, -0.2) is 16.8 Å². The van der Waals surface area contributed by atoms with Crippen molar-refractivity contribution in [1.29, 1.82) is 0 Å². The summed E-state index contributed by atoms with van der Waals surface area (Å²) >= 11 is 0. The van der Waals surface area contributed by atoms with E-state index in [1.165, 1.54) is 36.4 Å². The number of sulfonamides is 2. The molecule has 29 heavy (non-hydrogen) atoms. The Labute approximate surface area is 172 Å². The molecule has 1 N–H and O–H groups in total. The zero-order valence-electron chi connectivity index (χ0n) is 17.4. The lowest BCUT2D eigenvalue weighted by Crippen LogP contribution is -2.30.